The molecule has 5 rings (SSSR count). The minimum absolute atomic E-state index is 0.0106. The predicted molar refractivity (Wildman–Crippen MR) is 292 cm³/mol. The van der Waals surface area contributed by atoms with Crippen molar-refractivity contribution in [1.29, 1.82) is 0 Å². The highest BCUT2D eigenvalue weighted by Gasteiger charge is 2.53. The smallest absolute Gasteiger partial charge is 0.492 e. The van der Waals surface area contributed by atoms with Crippen molar-refractivity contribution in [1.82, 2.24) is 4.90 Å². The lowest BCUT2D eigenvalue weighted by Crippen LogP contribution is -2.61. The lowest BCUT2D eigenvalue weighted by Gasteiger charge is -2.42. The van der Waals surface area contributed by atoms with E-state index in [1.54, 1.807) is 48.0 Å². The van der Waals surface area contributed by atoms with E-state index in [4.69, 9.17) is 42.6 Å². The standard InChI is InChI=1S/C60H91NO19/c1-35-16-12-11-13-17-36(2)48(72-8)32-43-21-19-41(7)60(71,80-43)56(67)57(68)61-24-15-14-18-44(61)58(69)78-49(33-46(64)37(3)29-40(6)53(66)55(74-10)52(65)39(5)28-35)38(4)30-42-20-22-47(50(31-42)73-9)76-26-27-77-59(70)79-54-45(63)23-25-75-51(54)34-62/h11-13,16-17,23,25,29,35,37-39,41-45,47-51,53-55,62-63,66,71H,14-15,18-22,24,26-28,30-34H2,1-10H3/b13-11+,16-12-,36-17+,40-29+/t35-,37-,38-,39-,41-,42?,43+,44?,45-,47-,48+,49+,50-,51-,53-,54+,55+,60-/m1/s1. The molecule has 20 nitrogen and oxygen atoms in total. The SMILES string of the molecule is CO[C@H]1C[C@@H]2CC[C@@H](C)[C@@](O)(O2)C(=O)C(=O)N2CCCCC2C(=O)O[C@H]([C@H](C)CC2CC[C@@H](OCCOC(=O)O[C@H]3[C@H](O)C=CO[C@@H]3CO)[C@H](OC)C2)CC(=O)[C@H](C)/C=C(\C)[C@@H](O)[C@@H](OC)C(=O)[C@H](C)C[C@H](C)\C=C/C=C/C=C/1C. The molecule has 0 aromatic rings. The van der Waals surface area contributed by atoms with Crippen molar-refractivity contribution in [3.63, 3.8) is 0 Å². The molecule has 450 valence electrons. The second-order valence-electron chi connectivity index (χ2n) is 22.8. The lowest BCUT2D eigenvalue weighted by molar-refractivity contribution is -0.265. The van der Waals surface area contributed by atoms with Crippen molar-refractivity contribution < 1.29 is 91.8 Å². The molecule has 4 aliphatic heterocycles. The molecule has 20 heteroatoms. The van der Waals surface area contributed by atoms with Crippen LogP contribution in [0, 0.1) is 35.5 Å². The van der Waals surface area contributed by atoms with Crippen LogP contribution in [-0.4, -0.2) is 181 Å². The topological polar surface area (TPSA) is 270 Å². The minimum atomic E-state index is -2.47. The maximum absolute atomic E-state index is 14.6. The molecule has 0 radical (unpaired) electrons. The Labute approximate surface area is 472 Å². The first-order chi connectivity index (χ1) is 38.1. The van der Waals surface area contributed by atoms with Gasteiger partial charge in [-0.3, -0.25) is 19.2 Å². The zero-order valence-electron chi connectivity index (χ0n) is 48.6. The number of amides is 1. The average molecular weight is 1130 g/mol. The summed E-state index contributed by atoms with van der Waals surface area (Å²) < 4.78 is 51.6. The summed E-state index contributed by atoms with van der Waals surface area (Å²) in [6, 6.07) is -1.20. The third kappa shape index (κ3) is 17.9. The van der Waals surface area contributed by atoms with E-state index in [2.05, 4.69) is 0 Å². The number of carbonyl (C=O) groups excluding carboxylic acids is 6. The van der Waals surface area contributed by atoms with Gasteiger partial charge in [0.15, 0.2) is 18.0 Å². The van der Waals surface area contributed by atoms with Crippen LogP contribution in [-0.2, 0) is 66.6 Å². The van der Waals surface area contributed by atoms with Crippen molar-refractivity contribution in [2.45, 2.75) is 198 Å². The Balaban J connectivity index is 1.37. The summed E-state index contributed by atoms with van der Waals surface area (Å²) in [5.41, 5.74) is 1.21. The van der Waals surface area contributed by atoms with Gasteiger partial charge in [-0.15, -0.1) is 0 Å². The van der Waals surface area contributed by atoms with Gasteiger partial charge in [0.05, 0.1) is 43.9 Å². The number of aliphatic hydroxyl groups is 4. The normalized spacial score (nSPS) is 38.6. The number of ketones is 3. The fraction of sp³-hybridized carbons (Fsp3) is 0.733. The number of Topliss-reactive ketones (excluding diaryl/α,β-unsaturated/α-hetero) is 3. The predicted octanol–water partition coefficient (Wildman–Crippen LogP) is 5.99. The van der Waals surface area contributed by atoms with Gasteiger partial charge in [-0.1, -0.05) is 71.1 Å². The molecule has 3 fully saturated rings. The summed E-state index contributed by atoms with van der Waals surface area (Å²) in [6.45, 7) is 11.9. The molecule has 4 heterocycles. The van der Waals surface area contributed by atoms with Crippen LogP contribution in [0.25, 0.3) is 0 Å². The van der Waals surface area contributed by atoms with Crippen LogP contribution in [0.3, 0.4) is 0 Å². The Hall–Kier alpha value is -4.64. The molecule has 0 aromatic heterocycles. The maximum atomic E-state index is 14.6. The van der Waals surface area contributed by atoms with Crippen LogP contribution in [0.15, 0.2) is 59.9 Å². The number of hydrogen-bond donors (Lipinski definition) is 4. The number of allylic oxidation sites excluding steroid dienone is 6. The number of methoxy groups -OCH3 is 3. The number of carbonyl (C=O) groups is 6. The molecule has 2 unspecified atom stereocenters. The van der Waals surface area contributed by atoms with Gasteiger partial charge in [0.1, 0.15) is 42.8 Å². The van der Waals surface area contributed by atoms with Crippen LogP contribution >= 0.6 is 0 Å². The summed E-state index contributed by atoms with van der Waals surface area (Å²) in [6.07, 6.45) is 8.74. The number of cyclic esters (lactones) is 1. The highest BCUT2D eigenvalue weighted by molar-refractivity contribution is 6.39. The molecular weight excluding hydrogens is 1040 g/mol. The summed E-state index contributed by atoms with van der Waals surface area (Å²) in [5, 5.41) is 43.3. The first kappa shape index (κ1) is 66.2. The van der Waals surface area contributed by atoms with Crippen molar-refractivity contribution in [3.05, 3.63) is 59.9 Å². The Morgan fingerprint density at radius 1 is 0.850 bits per heavy atom. The number of nitrogens with zero attached hydrogens (tertiary/aromatic N) is 1. The second-order valence-corrected chi connectivity index (χ2v) is 22.8. The maximum Gasteiger partial charge on any atom is 0.508 e. The van der Waals surface area contributed by atoms with Gasteiger partial charge in [0.2, 0.25) is 5.79 Å². The van der Waals surface area contributed by atoms with E-state index in [1.807, 2.05) is 51.2 Å². The Morgan fingerprint density at radius 3 is 2.30 bits per heavy atom. The molecule has 5 aliphatic rings. The highest BCUT2D eigenvalue weighted by Crippen LogP contribution is 2.38. The third-order valence-corrected chi connectivity index (χ3v) is 16.7. The average Bonchev–Trinajstić information content (AvgIpc) is 3.54. The molecule has 1 amide bonds. The van der Waals surface area contributed by atoms with E-state index in [0.717, 1.165) is 5.57 Å². The van der Waals surface area contributed by atoms with E-state index in [9.17, 15) is 49.2 Å². The van der Waals surface area contributed by atoms with Crippen LogP contribution < -0.4 is 0 Å². The van der Waals surface area contributed by atoms with Crippen LogP contribution in [0.5, 0.6) is 0 Å². The number of esters is 1. The number of piperidine rings is 1. The quantitative estimate of drug-likeness (QED) is 0.0756. The molecule has 0 spiro atoms. The van der Waals surface area contributed by atoms with E-state index in [0.29, 0.717) is 63.4 Å². The summed E-state index contributed by atoms with van der Waals surface area (Å²) >= 11 is 0. The molecule has 2 bridgehead atoms. The fourth-order valence-corrected chi connectivity index (χ4v) is 11.7. The number of ether oxygens (including phenoxy) is 9. The molecule has 2 saturated heterocycles. The van der Waals surface area contributed by atoms with Gasteiger partial charge in [0, 0.05) is 58.5 Å². The van der Waals surface area contributed by atoms with E-state index >= 15 is 0 Å². The number of hydrogen-bond acceptors (Lipinski definition) is 19. The Kier molecular flexibility index (Phi) is 26.2. The fourth-order valence-electron chi connectivity index (χ4n) is 11.7. The molecule has 4 N–H and O–H groups in total. The van der Waals surface area contributed by atoms with Crippen LogP contribution in [0.2, 0.25) is 0 Å². The number of rotatable bonds is 12. The molecular formula is C60H91NO19. The summed E-state index contributed by atoms with van der Waals surface area (Å²) in [4.78, 5) is 85.2. The van der Waals surface area contributed by atoms with E-state index < -0.39 is 115 Å². The molecule has 1 aliphatic carbocycles. The molecule has 1 saturated carbocycles. The zero-order valence-corrected chi connectivity index (χ0v) is 48.6. The molecule has 80 heavy (non-hydrogen) atoms. The lowest BCUT2D eigenvalue weighted by atomic mass is 9.78. The largest absolute Gasteiger partial charge is 0.508 e. The van der Waals surface area contributed by atoms with Crippen LogP contribution in [0.4, 0.5) is 4.79 Å². The van der Waals surface area contributed by atoms with Gasteiger partial charge < -0.3 is 68.0 Å². The monoisotopic (exact) mass is 1130 g/mol. The van der Waals surface area contributed by atoms with Gasteiger partial charge in [0.25, 0.3) is 11.7 Å². The van der Waals surface area contributed by atoms with Gasteiger partial charge in [-0.05, 0) is 113 Å². The number of fused-ring (bicyclic) bond motifs is 3. The van der Waals surface area contributed by atoms with E-state index in [1.165, 1.54) is 24.3 Å². The van der Waals surface area contributed by atoms with Crippen molar-refractivity contribution in [3.8, 4) is 0 Å². The first-order valence-electron chi connectivity index (χ1n) is 28.6. The first-order valence-corrected chi connectivity index (χ1v) is 28.6. The van der Waals surface area contributed by atoms with Gasteiger partial charge in [-0.25, -0.2) is 9.59 Å². The van der Waals surface area contributed by atoms with Crippen molar-refractivity contribution >= 4 is 35.4 Å². The molecule has 18 atom stereocenters. The third-order valence-electron chi connectivity index (χ3n) is 16.7. The zero-order chi connectivity index (χ0) is 58.8. The number of aliphatic hydroxyl groups excluding tert-OH is 3. The van der Waals surface area contributed by atoms with Gasteiger partial charge in [-0.2, -0.15) is 0 Å². The summed E-state index contributed by atoms with van der Waals surface area (Å²) in [5.74, 6) is -8.53. The minimum Gasteiger partial charge on any atom is -0.492 e. The Morgan fingerprint density at radius 2 is 1.60 bits per heavy atom. The van der Waals surface area contributed by atoms with Gasteiger partial charge >= 0.3 is 12.1 Å². The van der Waals surface area contributed by atoms with Crippen molar-refractivity contribution in [2.24, 2.45) is 35.5 Å². The van der Waals surface area contributed by atoms with Crippen molar-refractivity contribution in [2.75, 3.05) is 47.7 Å². The summed E-state index contributed by atoms with van der Waals surface area (Å²) in [7, 11) is 4.50. The molecule has 0 aromatic carbocycles. The second kappa shape index (κ2) is 31.7. The Bertz CT molecular complexity index is 2230. The highest BCUT2D eigenvalue weighted by atomic mass is 16.7. The van der Waals surface area contributed by atoms with E-state index in [-0.39, 0.29) is 74.6 Å². The van der Waals surface area contributed by atoms with Crippen LogP contribution in [0.1, 0.15) is 126 Å².